The van der Waals surface area contributed by atoms with E-state index in [4.69, 9.17) is 0 Å². The molecule has 8 heteroatoms. The van der Waals surface area contributed by atoms with Crippen molar-refractivity contribution < 1.29 is 23.1 Å². The van der Waals surface area contributed by atoms with Gasteiger partial charge in [-0.1, -0.05) is 12.8 Å². The van der Waals surface area contributed by atoms with E-state index >= 15 is 0 Å². The van der Waals surface area contributed by atoms with Gasteiger partial charge in [0.25, 0.3) is 0 Å². The Labute approximate surface area is 139 Å². The van der Waals surface area contributed by atoms with Crippen molar-refractivity contribution in [2.45, 2.75) is 62.4 Å². The second-order valence-electron chi connectivity index (χ2n) is 6.98. The van der Waals surface area contributed by atoms with Crippen molar-refractivity contribution in [3.05, 3.63) is 12.3 Å². The molecular formula is C16H24F3N3O2. The van der Waals surface area contributed by atoms with Gasteiger partial charge in [-0.05, 0) is 25.7 Å². The summed E-state index contributed by atoms with van der Waals surface area (Å²) in [5, 5.41) is 12.9. The SMILES string of the molecule is O=C1NCN(C=CC(F)(F)F)C12CCN([C@@H]1CCCC[C@H]1O)CC2. The van der Waals surface area contributed by atoms with Crippen LogP contribution in [0.5, 0.6) is 0 Å². The predicted octanol–water partition coefficient (Wildman–Crippen LogP) is 1.59. The highest BCUT2D eigenvalue weighted by Gasteiger charge is 2.50. The molecule has 3 fully saturated rings. The molecule has 2 N–H and O–H groups in total. The number of halogens is 3. The Bertz CT molecular complexity index is 501. The van der Waals surface area contributed by atoms with Crippen molar-refractivity contribution in [1.82, 2.24) is 15.1 Å². The van der Waals surface area contributed by atoms with E-state index in [1.165, 1.54) is 4.90 Å². The summed E-state index contributed by atoms with van der Waals surface area (Å²) < 4.78 is 37.4. The van der Waals surface area contributed by atoms with E-state index in [1.807, 2.05) is 0 Å². The van der Waals surface area contributed by atoms with Gasteiger partial charge in [-0.2, -0.15) is 13.2 Å². The van der Waals surface area contributed by atoms with Crippen LogP contribution in [0.1, 0.15) is 38.5 Å². The number of hydrogen-bond donors (Lipinski definition) is 2. The summed E-state index contributed by atoms with van der Waals surface area (Å²) in [6, 6.07) is 0.111. The summed E-state index contributed by atoms with van der Waals surface area (Å²) in [5.74, 6) is -0.196. The summed E-state index contributed by atoms with van der Waals surface area (Å²) in [5.41, 5.74) is -0.891. The maximum absolute atomic E-state index is 12.5. The number of alkyl halides is 3. The molecule has 0 bridgehead atoms. The van der Waals surface area contributed by atoms with Crippen LogP contribution in [0.2, 0.25) is 0 Å². The van der Waals surface area contributed by atoms with Gasteiger partial charge in [-0.25, -0.2) is 0 Å². The Morgan fingerprint density at radius 1 is 1.21 bits per heavy atom. The Morgan fingerprint density at radius 2 is 1.88 bits per heavy atom. The maximum atomic E-state index is 12.5. The molecule has 1 amide bonds. The number of aliphatic hydroxyl groups is 1. The monoisotopic (exact) mass is 347 g/mol. The number of hydrogen-bond acceptors (Lipinski definition) is 4. The average molecular weight is 347 g/mol. The number of rotatable bonds is 2. The molecule has 5 nitrogen and oxygen atoms in total. The van der Waals surface area contributed by atoms with Gasteiger partial charge in [0.15, 0.2) is 0 Å². The summed E-state index contributed by atoms with van der Waals surface area (Å²) in [7, 11) is 0. The molecule has 2 saturated heterocycles. The minimum Gasteiger partial charge on any atom is -0.391 e. The molecule has 0 aromatic heterocycles. The number of likely N-dealkylation sites (tertiary alicyclic amines) is 1. The van der Waals surface area contributed by atoms with Crippen molar-refractivity contribution in [2.24, 2.45) is 0 Å². The Morgan fingerprint density at radius 3 is 2.50 bits per heavy atom. The molecule has 1 spiro atoms. The van der Waals surface area contributed by atoms with Crippen molar-refractivity contribution in [3.63, 3.8) is 0 Å². The smallest absolute Gasteiger partial charge is 0.391 e. The zero-order valence-electron chi connectivity index (χ0n) is 13.6. The fraction of sp³-hybridized carbons (Fsp3) is 0.812. The molecule has 0 radical (unpaired) electrons. The lowest BCUT2D eigenvalue weighted by atomic mass is 9.83. The molecule has 3 aliphatic rings. The maximum Gasteiger partial charge on any atom is 0.411 e. The minimum absolute atomic E-state index is 0.109. The van der Waals surface area contributed by atoms with E-state index in [-0.39, 0.29) is 30.8 Å². The number of piperidine rings is 1. The van der Waals surface area contributed by atoms with Crippen molar-refractivity contribution in [2.75, 3.05) is 19.8 Å². The molecule has 0 aromatic carbocycles. The minimum atomic E-state index is -4.39. The van der Waals surface area contributed by atoms with Crippen molar-refractivity contribution in [1.29, 1.82) is 0 Å². The second-order valence-corrected chi connectivity index (χ2v) is 6.98. The second kappa shape index (κ2) is 6.55. The molecule has 136 valence electrons. The van der Waals surface area contributed by atoms with Crippen LogP contribution >= 0.6 is 0 Å². The van der Waals surface area contributed by atoms with Gasteiger partial charge < -0.3 is 15.3 Å². The molecule has 3 rings (SSSR count). The molecular weight excluding hydrogens is 323 g/mol. The number of amides is 1. The number of nitrogens with one attached hydrogen (secondary N) is 1. The van der Waals surface area contributed by atoms with Crippen LogP contribution in [0.4, 0.5) is 13.2 Å². The van der Waals surface area contributed by atoms with Crippen molar-refractivity contribution in [3.8, 4) is 0 Å². The van der Waals surface area contributed by atoms with E-state index in [2.05, 4.69) is 10.2 Å². The first kappa shape index (κ1) is 17.5. The lowest BCUT2D eigenvalue weighted by molar-refractivity contribution is -0.129. The van der Waals surface area contributed by atoms with Gasteiger partial charge in [-0.15, -0.1) is 0 Å². The van der Waals surface area contributed by atoms with E-state index in [9.17, 15) is 23.1 Å². The molecule has 0 unspecified atom stereocenters. The van der Waals surface area contributed by atoms with Crippen LogP contribution in [0, 0.1) is 0 Å². The van der Waals surface area contributed by atoms with Crippen molar-refractivity contribution >= 4 is 5.91 Å². The van der Waals surface area contributed by atoms with Crippen LogP contribution in [0.15, 0.2) is 12.3 Å². The van der Waals surface area contributed by atoms with Crippen LogP contribution < -0.4 is 5.32 Å². The Kier molecular flexibility index (Phi) is 4.79. The molecule has 2 atom stereocenters. The number of allylic oxidation sites excluding steroid dienone is 1. The highest BCUT2D eigenvalue weighted by Crippen LogP contribution is 2.35. The predicted molar refractivity (Wildman–Crippen MR) is 81.8 cm³/mol. The first-order valence-corrected chi connectivity index (χ1v) is 8.55. The fourth-order valence-electron chi connectivity index (χ4n) is 4.23. The number of carbonyl (C=O) groups is 1. The molecule has 24 heavy (non-hydrogen) atoms. The van der Waals surface area contributed by atoms with Gasteiger partial charge in [0.05, 0.1) is 12.8 Å². The lowest BCUT2D eigenvalue weighted by Crippen LogP contribution is -2.58. The first-order chi connectivity index (χ1) is 11.3. The Hall–Kier alpha value is -1.28. The van der Waals surface area contributed by atoms with E-state index in [1.54, 1.807) is 0 Å². The quantitative estimate of drug-likeness (QED) is 0.797. The normalized spacial score (nSPS) is 31.8. The molecule has 1 aliphatic carbocycles. The number of aliphatic hydroxyl groups excluding tert-OH is 1. The highest BCUT2D eigenvalue weighted by atomic mass is 19.4. The molecule has 2 heterocycles. The number of nitrogens with zero attached hydrogens (tertiary/aromatic N) is 2. The standard InChI is InChI=1S/C16H24F3N3O2/c17-16(18,19)7-10-22-11-20-14(24)15(22)5-8-21(9-6-15)12-3-1-2-4-13(12)23/h7,10,12-13,23H,1-6,8-9,11H2,(H,20,24)/t12-,13-/m1/s1. The molecule has 0 aromatic rings. The van der Waals surface area contributed by atoms with Gasteiger partial charge in [-0.3, -0.25) is 9.69 Å². The van der Waals surface area contributed by atoms with Gasteiger partial charge in [0.1, 0.15) is 5.54 Å². The highest BCUT2D eigenvalue weighted by molar-refractivity contribution is 5.88. The largest absolute Gasteiger partial charge is 0.411 e. The topological polar surface area (TPSA) is 55.8 Å². The number of carbonyl (C=O) groups excluding carboxylic acids is 1. The third-order valence-corrected chi connectivity index (χ3v) is 5.61. The van der Waals surface area contributed by atoms with E-state index in [0.717, 1.165) is 31.9 Å². The van der Waals surface area contributed by atoms with Gasteiger partial charge >= 0.3 is 6.18 Å². The van der Waals surface area contributed by atoms with E-state index in [0.29, 0.717) is 25.9 Å². The summed E-state index contributed by atoms with van der Waals surface area (Å²) in [6.45, 7) is 1.34. The van der Waals surface area contributed by atoms with Gasteiger partial charge in [0, 0.05) is 31.4 Å². The van der Waals surface area contributed by atoms with Crippen LogP contribution in [0.3, 0.4) is 0 Å². The fourth-order valence-corrected chi connectivity index (χ4v) is 4.23. The third-order valence-electron chi connectivity index (χ3n) is 5.61. The van der Waals surface area contributed by atoms with Crippen LogP contribution in [0.25, 0.3) is 0 Å². The summed E-state index contributed by atoms with van der Waals surface area (Å²) >= 11 is 0. The summed E-state index contributed by atoms with van der Waals surface area (Å²) in [4.78, 5) is 16.0. The van der Waals surface area contributed by atoms with Crippen LogP contribution in [-0.2, 0) is 4.79 Å². The Balaban J connectivity index is 1.68. The average Bonchev–Trinajstić information content (AvgIpc) is 2.83. The third kappa shape index (κ3) is 3.39. The molecule has 1 saturated carbocycles. The zero-order valence-corrected chi connectivity index (χ0v) is 13.6. The lowest BCUT2D eigenvalue weighted by Gasteiger charge is -2.46. The molecule has 2 aliphatic heterocycles. The van der Waals surface area contributed by atoms with E-state index < -0.39 is 11.7 Å². The first-order valence-electron chi connectivity index (χ1n) is 8.55. The van der Waals surface area contributed by atoms with Gasteiger partial charge in [0.2, 0.25) is 5.91 Å². The van der Waals surface area contributed by atoms with Crippen LogP contribution in [-0.4, -0.2) is 64.4 Å². The summed E-state index contributed by atoms with van der Waals surface area (Å²) in [6.07, 6.45) is 1.26. The zero-order chi connectivity index (χ0) is 17.4.